The molecule has 1 rings (SSSR count). The van der Waals surface area contributed by atoms with Crippen molar-refractivity contribution in [3.63, 3.8) is 0 Å². The number of hydrogen-bond acceptors (Lipinski definition) is 4. The molecule has 1 aliphatic rings. The van der Waals surface area contributed by atoms with Gasteiger partial charge in [-0.1, -0.05) is 0 Å². The Labute approximate surface area is 103 Å². The molecule has 0 bridgehead atoms. The molecule has 2 N–H and O–H groups in total. The minimum absolute atomic E-state index is 0.115. The predicted molar refractivity (Wildman–Crippen MR) is 65.7 cm³/mol. The molecular weight excluding hydrogens is 220 g/mol. The highest BCUT2D eigenvalue weighted by Crippen LogP contribution is 2.04. The van der Waals surface area contributed by atoms with Gasteiger partial charge >= 0.3 is 0 Å². The molecule has 1 unspecified atom stereocenters. The standard InChI is InChI=1S/C12H24N2O3/c1-3-16-12(17-4-2)7-8-13-10-5-6-11(15)14-9-10/h10,12-13H,3-9H2,1-2H3,(H,14,15). The van der Waals surface area contributed by atoms with Crippen molar-refractivity contribution >= 4 is 5.91 Å². The van der Waals surface area contributed by atoms with Gasteiger partial charge in [-0.15, -0.1) is 0 Å². The zero-order valence-electron chi connectivity index (χ0n) is 10.8. The fourth-order valence-corrected chi connectivity index (χ4v) is 1.90. The van der Waals surface area contributed by atoms with Crippen molar-refractivity contribution in [2.75, 3.05) is 26.3 Å². The lowest BCUT2D eigenvalue weighted by atomic mass is 10.1. The fraction of sp³-hybridized carbons (Fsp3) is 0.917. The largest absolute Gasteiger partial charge is 0.355 e. The van der Waals surface area contributed by atoms with Gasteiger partial charge in [-0.05, 0) is 20.3 Å². The smallest absolute Gasteiger partial charge is 0.220 e. The van der Waals surface area contributed by atoms with Crippen molar-refractivity contribution in [2.45, 2.75) is 45.4 Å². The molecule has 0 aromatic heterocycles. The monoisotopic (exact) mass is 244 g/mol. The van der Waals surface area contributed by atoms with E-state index in [4.69, 9.17) is 9.47 Å². The Hall–Kier alpha value is -0.650. The molecular formula is C12H24N2O3. The topological polar surface area (TPSA) is 59.6 Å². The Morgan fingerprint density at radius 3 is 2.65 bits per heavy atom. The second-order valence-electron chi connectivity index (χ2n) is 4.12. The molecule has 17 heavy (non-hydrogen) atoms. The van der Waals surface area contributed by atoms with Crippen LogP contribution < -0.4 is 10.6 Å². The van der Waals surface area contributed by atoms with Crippen molar-refractivity contribution in [2.24, 2.45) is 0 Å². The van der Waals surface area contributed by atoms with Crippen LogP contribution in [-0.2, 0) is 14.3 Å². The Kier molecular flexibility index (Phi) is 7.16. The third-order valence-corrected chi connectivity index (χ3v) is 2.78. The van der Waals surface area contributed by atoms with Crippen LogP contribution in [0.2, 0.25) is 0 Å². The zero-order chi connectivity index (χ0) is 12.5. The van der Waals surface area contributed by atoms with Gasteiger partial charge in [-0.2, -0.15) is 0 Å². The number of ether oxygens (including phenoxy) is 2. The van der Waals surface area contributed by atoms with E-state index in [1.54, 1.807) is 0 Å². The lowest BCUT2D eigenvalue weighted by Crippen LogP contribution is -2.46. The molecule has 1 amide bonds. The number of carbonyl (C=O) groups is 1. The van der Waals surface area contributed by atoms with Crippen LogP contribution in [0.15, 0.2) is 0 Å². The molecule has 0 spiro atoms. The Bertz CT molecular complexity index is 208. The van der Waals surface area contributed by atoms with Crippen LogP contribution in [-0.4, -0.2) is 44.5 Å². The average molecular weight is 244 g/mol. The van der Waals surface area contributed by atoms with E-state index in [1.807, 2.05) is 13.8 Å². The van der Waals surface area contributed by atoms with Crippen LogP contribution in [0.5, 0.6) is 0 Å². The maximum absolute atomic E-state index is 11.0. The van der Waals surface area contributed by atoms with Gasteiger partial charge in [0.15, 0.2) is 6.29 Å². The van der Waals surface area contributed by atoms with Crippen LogP contribution in [0.3, 0.4) is 0 Å². The Morgan fingerprint density at radius 2 is 2.12 bits per heavy atom. The molecule has 0 aromatic carbocycles. The van der Waals surface area contributed by atoms with Gasteiger partial charge in [-0.25, -0.2) is 0 Å². The molecule has 5 nitrogen and oxygen atoms in total. The van der Waals surface area contributed by atoms with Gasteiger partial charge in [0.1, 0.15) is 0 Å². The molecule has 1 aliphatic heterocycles. The first-order chi connectivity index (χ1) is 8.26. The van der Waals surface area contributed by atoms with Gasteiger partial charge < -0.3 is 20.1 Å². The van der Waals surface area contributed by atoms with Gasteiger partial charge in [0.05, 0.1) is 0 Å². The van der Waals surface area contributed by atoms with E-state index in [0.29, 0.717) is 25.7 Å². The minimum Gasteiger partial charge on any atom is -0.355 e. The van der Waals surface area contributed by atoms with Crippen LogP contribution in [0, 0.1) is 0 Å². The fourth-order valence-electron chi connectivity index (χ4n) is 1.90. The highest BCUT2D eigenvalue weighted by molar-refractivity contribution is 5.76. The molecule has 0 aromatic rings. The highest BCUT2D eigenvalue weighted by atomic mass is 16.7. The number of hydrogen-bond donors (Lipinski definition) is 2. The molecule has 1 saturated heterocycles. The maximum Gasteiger partial charge on any atom is 0.220 e. The number of nitrogens with one attached hydrogen (secondary N) is 2. The Balaban J connectivity index is 2.10. The molecule has 0 radical (unpaired) electrons. The summed E-state index contributed by atoms with van der Waals surface area (Å²) in [5, 5.41) is 6.27. The summed E-state index contributed by atoms with van der Waals surface area (Å²) in [6.45, 7) is 6.86. The Morgan fingerprint density at radius 1 is 1.41 bits per heavy atom. The maximum atomic E-state index is 11.0. The third kappa shape index (κ3) is 6.00. The molecule has 100 valence electrons. The SMILES string of the molecule is CCOC(CCNC1CCC(=O)NC1)OCC. The first kappa shape index (κ1) is 14.4. The predicted octanol–water partition coefficient (Wildman–Crippen LogP) is 0.644. The second-order valence-corrected chi connectivity index (χ2v) is 4.12. The lowest BCUT2D eigenvalue weighted by molar-refractivity contribution is -0.139. The summed E-state index contributed by atoms with van der Waals surface area (Å²) in [7, 11) is 0. The third-order valence-electron chi connectivity index (χ3n) is 2.78. The average Bonchev–Trinajstić information content (AvgIpc) is 2.32. The molecule has 0 saturated carbocycles. The van der Waals surface area contributed by atoms with Gasteiger partial charge in [0.25, 0.3) is 0 Å². The number of carbonyl (C=O) groups excluding carboxylic acids is 1. The summed E-state index contributed by atoms with van der Waals surface area (Å²) in [6, 6.07) is 0.386. The van der Waals surface area contributed by atoms with E-state index < -0.39 is 0 Å². The van der Waals surface area contributed by atoms with Gasteiger partial charge in [0, 0.05) is 45.2 Å². The van der Waals surface area contributed by atoms with E-state index in [-0.39, 0.29) is 12.2 Å². The van der Waals surface area contributed by atoms with Crippen LogP contribution in [0.1, 0.15) is 33.1 Å². The number of piperidine rings is 1. The summed E-state index contributed by atoms with van der Waals surface area (Å²) in [5.74, 6) is 0.157. The van der Waals surface area contributed by atoms with Crippen molar-refractivity contribution in [1.29, 1.82) is 0 Å². The van der Waals surface area contributed by atoms with E-state index >= 15 is 0 Å². The van der Waals surface area contributed by atoms with Crippen molar-refractivity contribution in [3.05, 3.63) is 0 Å². The highest BCUT2D eigenvalue weighted by Gasteiger charge is 2.17. The number of rotatable bonds is 8. The molecule has 5 heteroatoms. The summed E-state index contributed by atoms with van der Waals surface area (Å²) in [5.41, 5.74) is 0. The summed E-state index contributed by atoms with van der Waals surface area (Å²) < 4.78 is 10.9. The zero-order valence-corrected chi connectivity index (χ0v) is 10.8. The quantitative estimate of drug-likeness (QED) is 0.615. The first-order valence-electron chi connectivity index (χ1n) is 6.49. The molecule has 0 aliphatic carbocycles. The summed E-state index contributed by atoms with van der Waals surface area (Å²) in [4.78, 5) is 11.0. The summed E-state index contributed by atoms with van der Waals surface area (Å²) in [6.07, 6.45) is 2.26. The molecule has 1 fully saturated rings. The number of amides is 1. The van der Waals surface area contributed by atoms with Crippen LogP contribution >= 0.6 is 0 Å². The van der Waals surface area contributed by atoms with E-state index in [0.717, 1.165) is 25.9 Å². The van der Waals surface area contributed by atoms with E-state index in [2.05, 4.69) is 10.6 Å². The minimum atomic E-state index is -0.115. The summed E-state index contributed by atoms with van der Waals surface area (Å²) >= 11 is 0. The molecule has 1 atom stereocenters. The second kappa shape index (κ2) is 8.44. The van der Waals surface area contributed by atoms with Gasteiger partial charge in [-0.3, -0.25) is 4.79 Å². The lowest BCUT2D eigenvalue weighted by Gasteiger charge is -2.24. The van der Waals surface area contributed by atoms with E-state index in [1.165, 1.54) is 0 Å². The van der Waals surface area contributed by atoms with Crippen molar-refractivity contribution in [3.8, 4) is 0 Å². The van der Waals surface area contributed by atoms with Crippen molar-refractivity contribution in [1.82, 2.24) is 10.6 Å². The van der Waals surface area contributed by atoms with Crippen LogP contribution in [0.4, 0.5) is 0 Å². The normalized spacial score (nSPS) is 20.6. The van der Waals surface area contributed by atoms with E-state index in [9.17, 15) is 4.79 Å². The van der Waals surface area contributed by atoms with Crippen molar-refractivity contribution < 1.29 is 14.3 Å². The first-order valence-corrected chi connectivity index (χ1v) is 6.49. The van der Waals surface area contributed by atoms with Crippen LogP contribution in [0.25, 0.3) is 0 Å². The molecule has 1 heterocycles. The van der Waals surface area contributed by atoms with Gasteiger partial charge in [0.2, 0.25) is 5.91 Å².